The number of thiazole rings is 1. The minimum absolute atomic E-state index is 0.562. The van der Waals surface area contributed by atoms with E-state index < -0.39 is 0 Å². The summed E-state index contributed by atoms with van der Waals surface area (Å²) in [6.45, 7) is 3.51. The van der Waals surface area contributed by atoms with E-state index in [4.69, 9.17) is 5.73 Å². The molecule has 0 bridgehead atoms. The number of hydrogen-bond donors (Lipinski definition) is 1. The maximum atomic E-state index is 5.70. The summed E-state index contributed by atoms with van der Waals surface area (Å²) in [5, 5.41) is 0.698. The summed E-state index contributed by atoms with van der Waals surface area (Å²) in [4.78, 5) is 8.07. The molecule has 5 heteroatoms. The highest BCUT2D eigenvalue weighted by Crippen LogP contribution is 2.43. The lowest BCUT2D eigenvalue weighted by atomic mass is 9.87. The summed E-state index contributed by atoms with van der Waals surface area (Å²) in [6.07, 6.45) is 9.06. The molecule has 2 aliphatic rings. The molecule has 0 atom stereocenters. The molecule has 1 aliphatic heterocycles. The zero-order valence-electron chi connectivity index (χ0n) is 10.7. The first-order valence-corrected chi connectivity index (χ1v) is 8.63. The van der Waals surface area contributed by atoms with Gasteiger partial charge < -0.3 is 5.73 Å². The van der Waals surface area contributed by atoms with Crippen molar-refractivity contribution >= 4 is 28.2 Å². The van der Waals surface area contributed by atoms with Crippen LogP contribution in [0.5, 0.6) is 0 Å². The molecule has 3 nitrogen and oxygen atoms in total. The van der Waals surface area contributed by atoms with Crippen LogP contribution in [0.1, 0.15) is 37.0 Å². The topological polar surface area (TPSA) is 42.1 Å². The molecule has 1 saturated carbocycles. The average Bonchev–Trinajstić information content (AvgIpc) is 2.76. The lowest BCUT2D eigenvalue weighted by Crippen LogP contribution is -2.47. The minimum Gasteiger partial charge on any atom is -0.375 e. The van der Waals surface area contributed by atoms with Crippen LogP contribution in [0.15, 0.2) is 6.20 Å². The van der Waals surface area contributed by atoms with Gasteiger partial charge in [-0.3, -0.25) is 4.90 Å². The van der Waals surface area contributed by atoms with Gasteiger partial charge in [0.05, 0.1) is 0 Å². The first kappa shape index (κ1) is 12.8. The summed E-state index contributed by atoms with van der Waals surface area (Å²) in [5.74, 6) is 1.29. The van der Waals surface area contributed by atoms with E-state index in [0.717, 1.165) is 6.54 Å². The first-order chi connectivity index (χ1) is 8.76. The molecule has 1 spiro atoms. The Balaban J connectivity index is 1.63. The number of rotatable bonds is 2. The van der Waals surface area contributed by atoms with E-state index in [0.29, 0.717) is 9.88 Å². The van der Waals surface area contributed by atoms with Crippen molar-refractivity contribution in [1.29, 1.82) is 0 Å². The molecule has 18 heavy (non-hydrogen) atoms. The van der Waals surface area contributed by atoms with Gasteiger partial charge in [-0.15, -0.1) is 11.3 Å². The van der Waals surface area contributed by atoms with Gasteiger partial charge in [0.1, 0.15) is 0 Å². The third-order valence-corrected chi connectivity index (χ3v) is 6.39. The third kappa shape index (κ3) is 2.83. The van der Waals surface area contributed by atoms with E-state index in [2.05, 4.69) is 21.6 Å². The Kier molecular flexibility index (Phi) is 3.82. The zero-order valence-corrected chi connectivity index (χ0v) is 12.4. The minimum atomic E-state index is 0.562. The number of thioether (sulfide) groups is 1. The Hall–Kier alpha value is -0.260. The van der Waals surface area contributed by atoms with Crippen LogP contribution in [0.2, 0.25) is 0 Å². The van der Waals surface area contributed by atoms with Gasteiger partial charge in [0, 0.05) is 41.2 Å². The van der Waals surface area contributed by atoms with Crippen molar-refractivity contribution in [3.05, 3.63) is 11.1 Å². The highest BCUT2D eigenvalue weighted by atomic mass is 32.2. The quantitative estimate of drug-likeness (QED) is 0.906. The number of nitrogen functional groups attached to an aromatic ring is 1. The van der Waals surface area contributed by atoms with Crippen LogP contribution in [0.25, 0.3) is 0 Å². The summed E-state index contributed by atoms with van der Waals surface area (Å²) in [5.41, 5.74) is 5.70. The highest BCUT2D eigenvalue weighted by Gasteiger charge is 2.37. The maximum absolute atomic E-state index is 5.70. The van der Waals surface area contributed by atoms with Gasteiger partial charge in [0.2, 0.25) is 0 Å². The monoisotopic (exact) mass is 283 g/mol. The summed E-state index contributed by atoms with van der Waals surface area (Å²) < 4.78 is 0.562. The van der Waals surface area contributed by atoms with Crippen LogP contribution >= 0.6 is 23.1 Å². The second-order valence-electron chi connectivity index (χ2n) is 5.47. The van der Waals surface area contributed by atoms with Crippen LogP contribution in [-0.4, -0.2) is 33.5 Å². The summed E-state index contributed by atoms with van der Waals surface area (Å²) >= 11 is 3.86. The van der Waals surface area contributed by atoms with Gasteiger partial charge in [-0.2, -0.15) is 11.8 Å². The van der Waals surface area contributed by atoms with Crippen molar-refractivity contribution in [2.75, 3.05) is 24.6 Å². The Morgan fingerprint density at radius 3 is 2.89 bits per heavy atom. The average molecular weight is 283 g/mol. The smallest absolute Gasteiger partial charge is 0.180 e. The van der Waals surface area contributed by atoms with E-state index in [9.17, 15) is 0 Å². The van der Waals surface area contributed by atoms with Crippen LogP contribution in [0, 0.1) is 0 Å². The van der Waals surface area contributed by atoms with Gasteiger partial charge in [0.15, 0.2) is 5.13 Å². The van der Waals surface area contributed by atoms with E-state index in [1.807, 2.05) is 6.20 Å². The molecule has 2 fully saturated rings. The van der Waals surface area contributed by atoms with Gasteiger partial charge in [-0.05, 0) is 12.8 Å². The second kappa shape index (κ2) is 5.39. The van der Waals surface area contributed by atoms with Crippen molar-refractivity contribution in [3.8, 4) is 0 Å². The van der Waals surface area contributed by atoms with Crippen LogP contribution in [-0.2, 0) is 6.54 Å². The predicted molar refractivity (Wildman–Crippen MR) is 80.1 cm³/mol. The van der Waals surface area contributed by atoms with E-state index in [1.165, 1.54) is 55.8 Å². The molecule has 2 N–H and O–H groups in total. The molecular weight excluding hydrogens is 262 g/mol. The second-order valence-corrected chi connectivity index (χ2v) is 8.18. The zero-order chi connectivity index (χ0) is 12.4. The number of nitrogens with two attached hydrogens (primary N) is 1. The molecule has 2 heterocycles. The molecule has 1 aliphatic carbocycles. The lowest BCUT2D eigenvalue weighted by Gasteiger charge is -2.44. The molecule has 1 aromatic heterocycles. The van der Waals surface area contributed by atoms with Gasteiger partial charge >= 0.3 is 0 Å². The van der Waals surface area contributed by atoms with Crippen LogP contribution < -0.4 is 5.73 Å². The predicted octanol–water partition coefficient (Wildman–Crippen LogP) is 2.98. The van der Waals surface area contributed by atoms with Crippen molar-refractivity contribution in [3.63, 3.8) is 0 Å². The maximum Gasteiger partial charge on any atom is 0.180 e. The third-order valence-electron chi connectivity index (χ3n) is 4.04. The number of hydrogen-bond acceptors (Lipinski definition) is 5. The standard InChI is InChI=1S/C13H21N3S2/c14-12-15-8-11(18-12)9-16-6-7-17-13(10-16)4-2-1-3-5-13/h8H,1-7,9-10H2,(H2,14,15). The van der Waals surface area contributed by atoms with Gasteiger partial charge in [-0.1, -0.05) is 19.3 Å². The van der Waals surface area contributed by atoms with E-state index in [1.54, 1.807) is 11.3 Å². The van der Waals surface area contributed by atoms with Crippen LogP contribution in [0.4, 0.5) is 5.13 Å². The molecule has 1 aromatic rings. The van der Waals surface area contributed by atoms with Crippen molar-refractivity contribution in [1.82, 2.24) is 9.88 Å². The molecule has 100 valence electrons. The fourth-order valence-corrected chi connectivity index (χ4v) is 5.53. The lowest BCUT2D eigenvalue weighted by molar-refractivity contribution is 0.214. The Morgan fingerprint density at radius 2 is 2.17 bits per heavy atom. The molecule has 0 aromatic carbocycles. The fourth-order valence-electron chi connectivity index (χ4n) is 3.17. The SMILES string of the molecule is Nc1ncc(CN2CCSC3(CCCCC3)C2)s1. The Labute approximate surface area is 117 Å². The molecule has 0 unspecified atom stereocenters. The molecule has 0 amide bonds. The van der Waals surface area contributed by atoms with Crippen LogP contribution in [0.3, 0.4) is 0 Å². The fraction of sp³-hybridized carbons (Fsp3) is 0.769. The number of nitrogens with zero attached hydrogens (tertiary/aromatic N) is 2. The summed E-state index contributed by atoms with van der Waals surface area (Å²) in [7, 11) is 0. The first-order valence-electron chi connectivity index (χ1n) is 6.82. The normalized spacial score (nSPS) is 24.4. The Morgan fingerprint density at radius 1 is 1.33 bits per heavy atom. The van der Waals surface area contributed by atoms with Crippen molar-refractivity contribution < 1.29 is 0 Å². The number of aromatic nitrogens is 1. The highest BCUT2D eigenvalue weighted by molar-refractivity contribution is 8.00. The summed E-state index contributed by atoms with van der Waals surface area (Å²) in [6, 6.07) is 0. The number of anilines is 1. The van der Waals surface area contributed by atoms with E-state index >= 15 is 0 Å². The molecule has 1 saturated heterocycles. The molecule has 0 radical (unpaired) electrons. The molecular formula is C13H21N3S2. The van der Waals surface area contributed by atoms with Crippen molar-refractivity contribution in [2.45, 2.75) is 43.4 Å². The van der Waals surface area contributed by atoms with Crippen molar-refractivity contribution in [2.24, 2.45) is 0 Å². The van der Waals surface area contributed by atoms with Gasteiger partial charge in [-0.25, -0.2) is 4.98 Å². The Bertz CT molecular complexity index is 393. The van der Waals surface area contributed by atoms with Gasteiger partial charge in [0.25, 0.3) is 0 Å². The largest absolute Gasteiger partial charge is 0.375 e. The van der Waals surface area contributed by atoms with E-state index in [-0.39, 0.29) is 0 Å². The molecule has 3 rings (SSSR count).